The van der Waals surface area contributed by atoms with Crippen LogP contribution in [0.2, 0.25) is 0 Å². The van der Waals surface area contributed by atoms with Crippen molar-refractivity contribution in [2.75, 3.05) is 19.8 Å². The summed E-state index contributed by atoms with van der Waals surface area (Å²) in [5, 5.41) is 0.113. The van der Waals surface area contributed by atoms with Crippen LogP contribution < -0.4 is 5.30 Å². The highest BCUT2D eigenvalue weighted by atomic mass is 31.2. The Morgan fingerprint density at radius 2 is 1.81 bits per heavy atom. The Balaban J connectivity index is 2.62. The molecular formula is C11H17FNO2P. The first-order chi connectivity index (χ1) is 7.60. The number of benzene rings is 1. The van der Waals surface area contributed by atoms with Gasteiger partial charge in [0, 0.05) is 0 Å². The molecule has 1 rings (SSSR count). The Kier molecular flexibility index (Phi) is 5.13. The smallest absolute Gasteiger partial charge is 0.286 e. The molecule has 1 unspecified atom stereocenters. The molecule has 5 heteroatoms. The van der Waals surface area contributed by atoms with Gasteiger partial charge in [-0.1, -0.05) is 32.0 Å². The van der Waals surface area contributed by atoms with Crippen molar-refractivity contribution in [1.29, 1.82) is 0 Å². The Morgan fingerprint density at radius 1 is 1.25 bits per heavy atom. The molecule has 0 saturated heterocycles. The van der Waals surface area contributed by atoms with Gasteiger partial charge in [-0.05, 0) is 25.2 Å². The fraction of sp³-hybridized carbons (Fsp3) is 0.455. The number of hydrogen-bond acceptors (Lipinski definition) is 3. The summed E-state index contributed by atoms with van der Waals surface area (Å²) >= 11 is 0. The molecule has 0 aliphatic rings. The Morgan fingerprint density at radius 3 is 2.31 bits per heavy atom. The molecule has 0 saturated carbocycles. The molecule has 1 aromatic carbocycles. The highest BCUT2D eigenvalue weighted by molar-refractivity contribution is 7.61. The summed E-state index contributed by atoms with van der Waals surface area (Å²) in [4.78, 5) is 1.86. The van der Waals surface area contributed by atoms with Gasteiger partial charge >= 0.3 is 7.68 Å². The summed E-state index contributed by atoms with van der Waals surface area (Å²) in [7, 11) is -4.17. The predicted octanol–water partition coefficient (Wildman–Crippen LogP) is 2.79. The lowest BCUT2D eigenvalue weighted by molar-refractivity contribution is 0.134. The SMILES string of the molecule is CCN(CC)COP(=O)(F)c1ccccc1. The van der Waals surface area contributed by atoms with Crippen LogP contribution in [0.5, 0.6) is 0 Å². The van der Waals surface area contributed by atoms with E-state index in [0.29, 0.717) is 0 Å². The number of halogens is 1. The van der Waals surface area contributed by atoms with E-state index in [1.807, 2.05) is 18.7 Å². The minimum atomic E-state index is -4.17. The van der Waals surface area contributed by atoms with Gasteiger partial charge in [-0.2, -0.15) is 4.20 Å². The lowest BCUT2D eigenvalue weighted by Gasteiger charge is -2.19. The molecule has 0 bridgehead atoms. The maximum Gasteiger partial charge on any atom is 0.398 e. The van der Waals surface area contributed by atoms with Crippen molar-refractivity contribution in [2.24, 2.45) is 0 Å². The van der Waals surface area contributed by atoms with Crippen LogP contribution in [0.3, 0.4) is 0 Å². The summed E-state index contributed by atoms with van der Waals surface area (Å²) in [6.45, 7) is 5.42. The minimum Gasteiger partial charge on any atom is -0.286 e. The van der Waals surface area contributed by atoms with E-state index in [9.17, 15) is 8.76 Å². The Hall–Kier alpha value is -0.700. The summed E-state index contributed by atoms with van der Waals surface area (Å²) < 4.78 is 30.3. The van der Waals surface area contributed by atoms with Gasteiger partial charge in [0.25, 0.3) is 0 Å². The van der Waals surface area contributed by atoms with E-state index < -0.39 is 7.68 Å². The molecule has 0 amide bonds. The van der Waals surface area contributed by atoms with Crippen molar-refractivity contribution in [1.82, 2.24) is 4.90 Å². The van der Waals surface area contributed by atoms with Crippen LogP contribution in [0.4, 0.5) is 4.20 Å². The van der Waals surface area contributed by atoms with Gasteiger partial charge in [0.05, 0.1) is 5.30 Å². The quantitative estimate of drug-likeness (QED) is 0.570. The molecule has 0 spiro atoms. The van der Waals surface area contributed by atoms with E-state index >= 15 is 0 Å². The molecule has 0 aromatic heterocycles. The van der Waals surface area contributed by atoms with Gasteiger partial charge in [-0.15, -0.1) is 0 Å². The standard InChI is InChI=1S/C11H17FNO2P/c1-3-13(4-2)10-15-16(12,14)11-8-6-5-7-9-11/h5-9H,3-4,10H2,1-2H3. The van der Waals surface area contributed by atoms with Gasteiger partial charge in [0.15, 0.2) is 0 Å². The van der Waals surface area contributed by atoms with Gasteiger partial charge in [0.1, 0.15) is 6.73 Å². The first-order valence-corrected chi connectivity index (χ1v) is 6.84. The number of hydrogen-bond donors (Lipinski definition) is 0. The molecule has 0 aliphatic heterocycles. The van der Waals surface area contributed by atoms with Crippen molar-refractivity contribution in [2.45, 2.75) is 13.8 Å². The first-order valence-electron chi connectivity index (χ1n) is 5.32. The zero-order valence-corrected chi connectivity index (χ0v) is 10.5. The van der Waals surface area contributed by atoms with Gasteiger partial charge in [-0.25, -0.2) is 4.57 Å². The average Bonchev–Trinajstić information content (AvgIpc) is 2.31. The highest BCUT2D eigenvalue weighted by Gasteiger charge is 2.25. The van der Waals surface area contributed by atoms with Crippen molar-refractivity contribution >= 4 is 13.0 Å². The van der Waals surface area contributed by atoms with E-state index in [4.69, 9.17) is 4.52 Å². The van der Waals surface area contributed by atoms with Gasteiger partial charge in [0.2, 0.25) is 0 Å². The van der Waals surface area contributed by atoms with Gasteiger partial charge in [-0.3, -0.25) is 9.42 Å². The second-order valence-electron chi connectivity index (χ2n) is 3.38. The Bertz CT molecular complexity index is 354. The average molecular weight is 245 g/mol. The molecule has 0 fully saturated rings. The Labute approximate surface area is 95.8 Å². The third kappa shape index (κ3) is 3.71. The lowest BCUT2D eigenvalue weighted by Crippen LogP contribution is -2.25. The van der Waals surface area contributed by atoms with Crippen LogP contribution in [0, 0.1) is 0 Å². The molecular weight excluding hydrogens is 228 g/mol. The molecule has 16 heavy (non-hydrogen) atoms. The van der Waals surface area contributed by atoms with E-state index in [1.54, 1.807) is 18.2 Å². The van der Waals surface area contributed by atoms with Crippen molar-refractivity contribution in [3.8, 4) is 0 Å². The lowest BCUT2D eigenvalue weighted by atomic mass is 10.4. The summed E-state index contributed by atoms with van der Waals surface area (Å²) in [5.74, 6) is 0. The van der Waals surface area contributed by atoms with Crippen LogP contribution in [0.25, 0.3) is 0 Å². The van der Waals surface area contributed by atoms with Crippen molar-refractivity contribution in [3.05, 3.63) is 30.3 Å². The monoisotopic (exact) mass is 245 g/mol. The molecule has 0 radical (unpaired) electrons. The molecule has 0 N–H and O–H groups in total. The maximum absolute atomic E-state index is 13.8. The van der Waals surface area contributed by atoms with E-state index in [1.165, 1.54) is 12.1 Å². The fourth-order valence-corrected chi connectivity index (χ4v) is 2.23. The maximum atomic E-state index is 13.8. The van der Waals surface area contributed by atoms with Crippen LogP contribution >= 0.6 is 7.68 Å². The molecule has 0 heterocycles. The number of rotatable bonds is 6. The van der Waals surface area contributed by atoms with E-state index in [2.05, 4.69) is 0 Å². The van der Waals surface area contributed by atoms with E-state index in [0.717, 1.165) is 13.1 Å². The predicted molar refractivity (Wildman–Crippen MR) is 63.7 cm³/mol. The largest absolute Gasteiger partial charge is 0.398 e. The second-order valence-corrected chi connectivity index (χ2v) is 5.11. The summed E-state index contributed by atoms with van der Waals surface area (Å²) in [6.07, 6.45) is 0. The molecule has 90 valence electrons. The molecule has 3 nitrogen and oxygen atoms in total. The highest BCUT2D eigenvalue weighted by Crippen LogP contribution is 2.47. The molecule has 1 atom stereocenters. The van der Waals surface area contributed by atoms with Crippen LogP contribution in [-0.2, 0) is 9.09 Å². The topological polar surface area (TPSA) is 29.5 Å². The third-order valence-corrected chi connectivity index (χ3v) is 3.73. The van der Waals surface area contributed by atoms with Crippen LogP contribution in [0.1, 0.15) is 13.8 Å². The van der Waals surface area contributed by atoms with E-state index in [-0.39, 0.29) is 12.0 Å². The fourth-order valence-electron chi connectivity index (χ4n) is 1.24. The second kappa shape index (κ2) is 6.14. The minimum absolute atomic E-state index is 0.0513. The normalized spacial score (nSPS) is 15.0. The van der Waals surface area contributed by atoms with Gasteiger partial charge < -0.3 is 0 Å². The zero-order chi connectivity index (χ0) is 12.0. The van der Waals surface area contributed by atoms with Crippen LogP contribution in [-0.4, -0.2) is 24.7 Å². The molecule has 1 aromatic rings. The third-order valence-electron chi connectivity index (χ3n) is 2.37. The van der Waals surface area contributed by atoms with Crippen molar-refractivity contribution in [3.63, 3.8) is 0 Å². The molecule has 0 aliphatic carbocycles. The van der Waals surface area contributed by atoms with Crippen molar-refractivity contribution < 1.29 is 13.3 Å². The summed E-state index contributed by atoms with van der Waals surface area (Å²) in [6, 6.07) is 7.98. The first kappa shape index (κ1) is 13.4. The zero-order valence-electron chi connectivity index (χ0n) is 9.60. The van der Waals surface area contributed by atoms with Crippen LogP contribution in [0.15, 0.2) is 30.3 Å². The summed E-state index contributed by atoms with van der Waals surface area (Å²) in [5.41, 5.74) is 0. The number of nitrogens with zero attached hydrogens (tertiary/aromatic N) is 1.